The first kappa shape index (κ1) is 16.2. The van der Waals surface area contributed by atoms with Crippen molar-refractivity contribution in [1.82, 2.24) is 10.3 Å². The molecule has 118 valence electrons. The van der Waals surface area contributed by atoms with Gasteiger partial charge in [-0.25, -0.2) is 9.37 Å². The Labute approximate surface area is 126 Å². The number of rotatable bonds is 6. The van der Waals surface area contributed by atoms with E-state index in [9.17, 15) is 4.39 Å². The van der Waals surface area contributed by atoms with E-state index in [2.05, 4.69) is 29.0 Å². The summed E-state index contributed by atoms with van der Waals surface area (Å²) < 4.78 is 18.7. The highest BCUT2D eigenvalue weighted by atomic mass is 19.1. The first-order valence-corrected chi connectivity index (χ1v) is 7.72. The molecule has 0 aromatic carbocycles. The van der Waals surface area contributed by atoms with E-state index in [0.717, 1.165) is 43.9 Å². The maximum Gasteiger partial charge on any atom is 0.141 e. The van der Waals surface area contributed by atoms with Crippen LogP contribution in [0.5, 0.6) is 0 Å². The fraction of sp³-hybridized carbons (Fsp3) is 0.688. The van der Waals surface area contributed by atoms with Gasteiger partial charge < -0.3 is 15.0 Å². The fourth-order valence-corrected chi connectivity index (χ4v) is 2.75. The Bertz CT molecular complexity index is 445. The molecule has 1 aliphatic rings. The van der Waals surface area contributed by atoms with Gasteiger partial charge >= 0.3 is 0 Å². The molecule has 1 aromatic rings. The first-order valence-electron chi connectivity index (χ1n) is 7.72. The summed E-state index contributed by atoms with van der Waals surface area (Å²) in [6.45, 7) is 7.57. The van der Waals surface area contributed by atoms with E-state index in [1.807, 2.05) is 0 Å². The molecule has 2 heterocycles. The summed E-state index contributed by atoms with van der Waals surface area (Å²) in [7, 11) is 1.75. The number of anilines is 1. The highest BCUT2D eigenvalue weighted by Crippen LogP contribution is 2.25. The minimum Gasteiger partial charge on any atom is -0.384 e. The van der Waals surface area contributed by atoms with Crippen molar-refractivity contribution in [3.8, 4) is 0 Å². The number of methoxy groups -OCH3 is 1. The molecule has 0 saturated carbocycles. The topological polar surface area (TPSA) is 37.4 Å². The second kappa shape index (κ2) is 7.71. The smallest absolute Gasteiger partial charge is 0.141 e. The number of halogens is 1. The second-order valence-electron chi connectivity index (χ2n) is 6.06. The van der Waals surface area contributed by atoms with E-state index in [0.29, 0.717) is 18.5 Å². The van der Waals surface area contributed by atoms with Crippen LogP contribution in [0, 0.1) is 11.7 Å². The number of hydrogen-bond acceptors (Lipinski definition) is 4. The van der Waals surface area contributed by atoms with Gasteiger partial charge in [-0.15, -0.1) is 0 Å². The molecule has 1 aromatic heterocycles. The molecule has 1 aliphatic heterocycles. The average molecular weight is 295 g/mol. The zero-order valence-corrected chi connectivity index (χ0v) is 13.2. The Morgan fingerprint density at radius 1 is 1.43 bits per heavy atom. The molecule has 0 bridgehead atoms. The van der Waals surface area contributed by atoms with Crippen molar-refractivity contribution >= 4 is 5.82 Å². The lowest BCUT2D eigenvalue weighted by atomic mass is 9.97. The second-order valence-corrected chi connectivity index (χ2v) is 6.06. The van der Waals surface area contributed by atoms with Gasteiger partial charge in [-0.05, 0) is 24.8 Å². The van der Waals surface area contributed by atoms with Gasteiger partial charge in [0.1, 0.15) is 11.6 Å². The predicted octanol–water partition coefficient (Wildman–Crippen LogP) is 2.58. The summed E-state index contributed by atoms with van der Waals surface area (Å²) in [6, 6.07) is 1.97. The highest BCUT2D eigenvalue weighted by molar-refractivity contribution is 5.47. The number of piperidine rings is 1. The lowest BCUT2D eigenvalue weighted by Crippen LogP contribution is -2.36. The zero-order chi connectivity index (χ0) is 15.2. The third kappa shape index (κ3) is 4.64. The number of aromatic nitrogens is 1. The zero-order valence-electron chi connectivity index (χ0n) is 13.2. The molecule has 2 rings (SSSR count). The molecular weight excluding hydrogens is 269 g/mol. The standard InChI is InChI=1S/C16H26FN3O/c1-12(2)18-9-14-8-15(17)10-19-16(14)20-6-4-13(5-7-20)11-21-3/h8,10,12-13,18H,4-7,9,11H2,1-3H3. The number of pyridine rings is 1. The third-order valence-electron chi connectivity index (χ3n) is 3.93. The Morgan fingerprint density at radius 3 is 2.76 bits per heavy atom. The monoisotopic (exact) mass is 295 g/mol. The molecule has 0 unspecified atom stereocenters. The van der Waals surface area contributed by atoms with E-state index in [4.69, 9.17) is 4.74 Å². The summed E-state index contributed by atoms with van der Waals surface area (Å²) in [4.78, 5) is 6.60. The maximum absolute atomic E-state index is 13.5. The molecular formula is C16H26FN3O. The van der Waals surface area contributed by atoms with Crippen LogP contribution in [0.2, 0.25) is 0 Å². The number of ether oxygens (including phenoxy) is 1. The van der Waals surface area contributed by atoms with Crippen LogP contribution in [0.1, 0.15) is 32.3 Å². The SMILES string of the molecule is COCC1CCN(c2ncc(F)cc2CNC(C)C)CC1. The Balaban J connectivity index is 2.05. The molecule has 5 heteroatoms. The maximum atomic E-state index is 13.5. The molecule has 1 N–H and O–H groups in total. The molecule has 0 spiro atoms. The number of nitrogens with one attached hydrogen (secondary N) is 1. The highest BCUT2D eigenvalue weighted by Gasteiger charge is 2.22. The lowest BCUT2D eigenvalue weighted by molar-refractivity contribution is 0.139. The van der Waals surface area contributed by atoms with Crippen LogP contribution in [0.4, 0.5) is 10.2 Å². The van der Waals surface area contributed by atoms with Crippen molar-refractivity contribution in [2.75, 3.05) is 31.7 Å². The van der Waals surface area contributed by atoms with Crippen LogP contribution in [0.3, 0.4) is 0 Å². The minimum atomic E-state index is -0.270. The summed E-state index contributed by atoms with van der Waals surface area (Å²) >= 11 is 0. The molecule has 0 radical (unpaired) electrons. The van der Waals surface area contributed by atoms with Gasteiger partial charge in [0.05, 0.1) is 6.20 Å². The van der Waals surface area contributed by atoms with E-state index in [1.54, 1.807) is 13.2 Å². The largest absolute Gasteiger partial charge is 0.384 e. The summed E-state index contributed by atoms with van der Waals surface area (Å²) in [6.07, 6.45) is 3.52. The number of nitrogens with zero attached hydrogens (tertiary/aromatic N) is 2. The Hall–Kier alpha value is -1.20. The van der Waals surface area contributed by atoms with Crippen LogP contribution in [-0.2, 0) is 11.3 Å². The van der Waals surface area contributed by atoms with Crippen molar-refractivity contribution in [2.24, 2.45) is 5.92 Å². The van der Waals surface area contributed by atoms with Gasteiger partial charge in [0, 0.05) is 45.0 Å². The van der Waals surface area contributed by atoms with Gasteiger partial charge in [-0.1, -0.05) is 13.8 Å². The minimum absolute atomic E-state index is 0.270. The molecule has 4 nitrogen and oxygen atoms in total. The lowest BCUT2D eigenvalue weighted by Gasteiger charge is -2.33. The van der Waals surface area contributed by atoms with Crippen molar-refractivity contribution < 1.29 is 9.13 Å². The van der Waals surface area contributed by atoms with Gasteiger partial charge in [0.25, 0.3) is 0 Å². The summed E-state index contributed by atoms with van der Waals surface area (Å²) in [5, 5.41) is 3.34. The molecule has 21 heavy (non-hydrogen) atoms. The van der Waals surface area contributed by atoms with Gasteiger partial charge in [0.2, 0.25) is 0 Å². The molecule has 0 atom stereocenters. The van der Waals surface area contributed by atoms with Crippen molar-refractivity contribution in [3.63, 3.8) is 0 Å². The Morgan fingerprint density at radius 2 is 2.14 bits per heavy atom. The first-order chi connectivity index (χ1) is 10.1. The predicted molar refractivity (Wildman–Crippen MR) is 83.0 cm³/mol. The Kier molecular flexibility index (Phi) is 5.94. The fourth-order valence-electron chi connectivity index (χ4n) is 2.75. The van der Waals surface area contributed by atoms with Crippen molar-refractivity contribution in [3.05, 3.63) is 23.6 Å². The van der Waals surface area contributed by atoms with Gasteiger partial charge in [0.15, 0.2) is 0 Å². The van der Waals surface area contributed by atoms with Crippen LogP contribution < -0.4 is 10.2 Å². The van der Waals surface area contributed by atoms with Gasteiger partial charge in [-0.3, -0.25) is 0 Å². The van der Waals surface area contributed by atoms with Crippen LogP contribution in [0.25, 0.3) is 0 Å². The average Bonchev–Trinajstić information content (AvgIpc) is 2.46. The molecule has 1 fully saturated rings. The molecule has 0 aliphatic carbocycles. The van der Waals surface area contributed by atoms with Gasteiger partial charge in [-0.2, -0.15) is 0 Å². The van der Waals surface area contributed by atoms with E-state index in [1.165, 1.54) is 6.20 Å². The summed E-state index contributed by atoms with van der Waals surface area (Å²) in [5.74, 6) is 1.28. The van der Waals surface area contributed by atoms with Crippen molar-refractivity contribution in [2.45, 2.75) is 39.3 Å². The number of hydrogen-bond donors (Lipinski definition) is 1. The van der Waals surface area contributed by atoms with Crippen molar-refractivity contribution in [1.29, 1.82) is 0 Å². The van der Waals surface area contributed by atoms with Crippen LogP contribution in [-0.4, -0.2) is 37.8 Å². The third-order valence-corrected chi connectivity index (χ3v) is 3.93. The summed E-state index contributed by atoms with van der Waals surface area (Å²) in [5.41, 5.74) is 0.939. The van der Waals surface area contributed by atoms with E-state index < -0.39 is 0 Å². The quantitative estimate of drug-likeness (QED) is 0.875. The van der Waals surface area contributed by atoms with Crippen LogP contribution >= 0.6 is 0 Å². The normalized spacial score (nSPS) is 16.7. The molecule has 0 amide bonds. The van der Waals surface area contributed by atoms with Crippen LogP contribution in [0.15, 0.2) is 12.3 Å². The molecule has 1 saturated heterocycles. The van der Waals surface area contributed by atoms with E-state index >= 15 is 0 Å². The van der Waals surface area contributed by atoms with E-state index in [-0.39, 0.29) is 5.82 Å².